The summed E-state index contributed by atoms with van der Waals surface area (Å²) < 4.78 is 5.85. The number of aromatic amines is 1. The quantitative estimate of drug-likeness (QED) is 0.225. The van der Waals surface area contributed by atoms with E-state index in [9.17, 15) is 9.90 Å². The van der Waals surface area contributed by atoms with Crippen LogP contribution in [0.15, 0.2) is 76.2 Å². The Kier molecular flexibility index (Phi) is 7.14. The summed E-state index contributed by atoms with van der Waals surface area (Å²) in [5, 5.41) is 11.3. The molecule has 6 nitrogen and oxygen atoms in total. The Morgan fingerprint density at radius 2 is 1.65 bits per heavy atom. The normalized spacial score (nSPS) is 11.9. The molecule has 0 amide bonds. The number of carbonyl (C=O) groups excluding carboxylic acids is 1. The monoisotopic (exact) mass is 519 g/mol. The van der Waals surface area contributed by atoms with Crippen LogP contribution >= 0.6 is 15.9 Å². The van der Waals surface area contributed by atoms with Gasteiger partial charge in [-0.3, -0.25) is 9.89 Å². The van der Waals surface area contributed by atoms with Gasteiger partial charge in [-0.2, -0.15) is 0 Å². The third kappa shape index (κ3) is 5.38. The van der Waals surface area contributed by atoms with Gasteiger partial charge in [0.25, 0.3) is 0 Å². The average molecular weight is 520 g/mol. The molecule has 2 N–H and O–H groups in total. The third-order valence-corrected chi connectivity index (χ3v) is 6.14. The van der Waals surface area contributed by atoms with E-state index in [4.69, 9.17) is 9.73 Å². The molecule has 0 fully saturated rings. The number of ether oxygens (including phenoxy) is 1. The molecule has 0 saturated carbocycles. The molecule has 34 heavy (non-hydrogen) atoms. The van der Waals surface area contributed by atoms with Crippen LogP contribution in [0.5, 0.6) is 5.88 Å². The van der Waals surface area contributed by atoms with Crippen LogP contribution in [0.4, 0.5) is 5.69 Å². The number of rotatable bonds is 7. The van der Waals surface area contributed by atoms with Gasteiger partial charge in [0.05, 0.1) is 29.6 Å². The highest BCUT2D eigenvalue weighted by Gasteiger charge is 2.16. The van der Waals surface area contributed by atoms with Gasteiger partial charge in [-0.15, -0.1) is 0 Å². The van der Waals surface area contributed by atoms with Crippen LogP contribution < -0.4 is 0 Å². The molecule has 3 aromatic carbocycles. The number of aliphatic imine (C=N–C) groups is 1. The van der Waals surface area contributed by atoms with Crippen molar-refractivity contribution in [3.05, 3.63) is 93.5 Å². The van der Waals surface area contributed by atoms with E-state index in [-0.39, 0.29) is 5.88 Å². The largest absolute Gasteiger partial charge is 0.494 e. The summed E-state index contributed by atoms with van der Waals surface area (Å²) >= 11 is 3.47. The zero-order valence-electron chi connectivity index (χ0n) is 19.3. The van der Waals surface area contributed by atoms with Crippen molar-refractivity contribution in [2.24, 2.45) is 4.99 Å². The number of hydrogen-bond donors (Lipinski definition) is 2. The standard InChI is InChI=1S/C27H26BrN3O3/c1-17(25-23-13-8-20(27(33)34-3)14-24(23)30-26(25)32)29-22-11-6-19(7-12-22)16-31(2)15-18-4-9-21(28)10-5-18/h4-14,30,32H,15-16H2,1-3H3. The van der Waals surface area contributed by atoms with Crippen molar-refractivity contribution >= 4 is 44.2 Å². The molecule has 4 aromatic rings. The van der Waals surface area contributed by atoms with Crippen LogP contribution in [0.2, 0.25) is 0 Å². The molecule has 1 heterocycles. The molecule has 0 aliphatic carbocycles. The number of nitrogens with zero attached hydrogens (tertiary/aromatic N) is 2. The fourth-order valence-corrected chi connectivity index (χ4v) is 4.25. The summed E-state index contributed by atoms with van der Waals surface area (Å²) in [4.78, 5) is 21.7. The first-order valence-electron chi connectivity index (χ1n) is 10.8. The van der Waals surface area contributed by atoms with Crippen LogP contribution in [-0.4, -0.2) is 40.8 Å². The number of aromatic hydroxyl groups is 1. The molecule has 7 heteroatoms. The number of H-pyrrole nitrogens is 1. The number of hydrogen-bond acceptors (Lipinski definition) is 5. The molecule has 0 aliphatic rings. The molecule has 0 atom stereocenters. The lowest BCUT2D eigenvalue weighted by atomic mass is 10.1. The van der Waals surface area contributed by atoms with Crippen molar-refractivity contribution in [3.63, 3.8) is 0 Å². The predicted octanol–water partition coefficient (Wildman–Crippen LogP) is 6.20. The number of benzene rings is 3. The Morgan fingerprint density at radius 1 is 1.03 bits per heavy atom. The van der Waals surface area contributed by atoms with Crippen molar-refractivity contribution in [2.45, 2.75) is 20.0 Å². The highest BCUT2D eigenvalue weighted by atomic mass is 79.9. The van der Waals surface area contributed by atoms with Gasteiger partial charge in [0.2, 0.25) is 0 Å². The van der Waals surface area contributed by atoms with Crippen molar-refractivity contribution in [1.82, 2.24) is 9.88 Å². The van der Waals surface area contributed by atoms with E-state index in [2.05, 4.69) is 69.3 Å². The lowest BCUT2D eigenvalue weighted by Crippen LogP contribution is -2.17. The fourth-order valence-electron chi connectivity index (χ4n) is 3.99. The van der Waals surface area contributed by atoms with Gasteiger partial charge in [-0.05, 0) is 61.5 Å². The minimum absolute atomic E-state index is 0.0180. The lowest BCUT2D eigenvalue weighted by Gasteiger charge is -2.17. The summed E-state index contributed by atoms with van der Waals surface area (Å²) in [5.41, 5.74) is 5.62. The maximum absolute atomic E-state index is 11.8. The van der Waals surface area contributed by atoms with E-state index in [0.717, 1.165) is 28.6 Å². The van der Waals surface area contributed by atoms with E-state index in [0.29, 0.717) is 22.4 Å². The fraction of sp³-hybridized carbons (Fsp3) is 0.185. The highest BCUT2D eigenvalue weighted by molar-refractivity contribution is 9.10. The molecule has 0 radical (unpaired) electrons. The highest BCUT2D eigenvalue weighted by Crippen LogP contribution is 2.30. The Bertz CT molecular complexity index is 1340. The molecule has 0 aliphatic heterocycles. The van der Waals surface area contributed by atoms with Crippen LogP contribution in [0.3, 0.4) is 0 Å². The van der Waals surface area contributed by atoms with Gasteiger partial charge in [0.1, 0.15) is 0 Å². The number of aromatic nitrogens is 1. The molecule has 1 aromatic heterocycles. The van der Waals surface area contributed by atoms with Gasteiger partial charge < -0.3 is 14.8 Å². The zero-order chi connectivity index (χ0) is 24.2. The molecular formula is C27H26BrN3O3. The van der Waals surface area contributed by atoms with Crippen LogP contribution in [0, 0.1) is 0 Å². The van der Waals surface area contributed by atoms with Crippen molar-refractivity contribution < 1.29 is 14.6 Å². The first-order valence-corrected chi connectivity index (χ1v) is 11.6. The van der Waals surface area contributed by atoms with Gasteiger partial charge in [-0.1, -0.05) is 46.3 Å². The Balaban J connectivity index is 1.48. The number of carbonyl (C=O) groups is 1. The second-order valence-electron chi connectivity index (χ2n) is 8.26. The van der Waals surface area contributed by atoms with Crippen LogP contribution in [0.1, 0.15) is 34.0 Å². The molecule has 0 spiro atoms. The summed E-state index contributed by atoms with van der Waals surface area (Å²) in [6, 6.07) is 21.6. The molecule has 0 saturated heterocycles. The van der Waals surface area contributed by atoms with E-state index in [1.807, 2.05) is 19.1 Å². The second-order valence-corrected chi connectivity index (χ2v) is 9.18. The topological polar surface area (TPSA) is 77.9 Å². The SMILES string of the molecule is COC(=O)c1ccc2c(C(C)=Nc3ccc(CN(C)Cc4ccc(Br)cc4)cc3)c(O)[nH]c2c1. The number of nitrogens with one attached hydrogen (secondary N) is 1. The Morgan fingerprint density at radius 3 is 2.26 bits per heavy atom. The third-order valence-electron chi connectivity index (χ3n) is 5.61. The smallest absolute Gasteiger partial charge is 0.337 e. The van der Waals surface area contributed by atoms with Crippen molar-refractivity contribution in [2.75, 3.05) is 14.2 Å². The molecule has 0 bridgehead atoms. The van der Waals surface area contributed by atoms with Crippen LogP contribution in [0.25, 0.3) is 10.9 Å². The maximum atomic E-state index is 11.8. The summed E-state index contributed by atoms with van der Waals surface area (Å²) in [6.45, 7) is 3.55. The van der Waals surface area contributed by atoms with E-state index in [1.54, 1.807) is 18.2 Å². The van der Waals surface area contributed by atoms with Gasteiger partial charge >= 0.3 is 5.97 Å². The maximum Gasteiger partial charge on any atom is 0.337 e. The Hall–Kier alpha value is -3.42. The average Bonchev–Trinajstić information content (AvgIpc) is 3.16. The van der Waals surface area contributed by atoms with Crippen molar-refractivity contribution in [1.29, 1.82) is 0 Å². The Labute approximate surface area is 207 Å². The minimum Gasteiger partial charge on any atom is -0.494 e. The first-order chi connectivity index (χ1) is 16.3. The number of esters is 1. The predicted molar refractivity (Wildman–Crippen MR) is 139 cm³/mol. The van der Waals surface area contributed by atoms with Gasteiger partial charge in [-0.25, -0.2) is 4.79 Å². The van der Waals surface area contributed by atoms with Gasteiger partial charge in [0.15, 0.2) is 5.88 Å². The van der Waals surface area contributed by atoms with Crippen molar-refractivity contribution in [3.8, 4) is 5.88 Å². The lowest BCUT2D eigenvalue weighted by molar-refractivity contribution is 0.0601. The molecule has 174 valence electrons. The second kappa shape index (κ2) is 10.2. The van der Waals surface area contributed by atoms with E-state index >= 15 is 0 Å². The number of fused-ring (bicyclic) bond motifs is 1. The zero-order valence-corrected chi connectivity index (χ0v) is 20.9. The molecule has 0 unspecified atom stereocenters. The van der Waals surface area contributed by atoms with E-state index < -0.39 is 5.97 Å². The summed E-state index contributed by atoms with van der Waals surface area (Å²) in [7, 11) is 3.44. The summed E-state index contributed by atoms with van der Waals surface area (Å²) in [5.74, 6) is -0.407. The van der Waals surface area contributed by atoms with E-state index in [1.165, 1.54) is 18.2 Å². The number of halogens is 1. The molecule has 4 rings (SSSR count). The first kappa shape index (κ1) is 23.7. The molecular weight excluding hydrogens is 494 g/mol. The minimum atomic E-state index is -0.425. The number of methoxy groups -OCH3 is 1. The summed E-state index contributed by atoms with van der Waals surface area (Å²) in [6.07, 6.45) is 0. The van der Waals surface area contributed by atoms with Crippen LogP contribution in [-0.2, 0) is 17.8 Å². The van der Waals surface area contributed by atoms with Gasteiger partial charge in [0, 0.05) is 28.5 Å².